The van der Waals surface area contributed by atoms with Crippen molar-refractivity contribution in [2.75, 3.05) is 26.7 Å². The summed E-state index contributed by atoms with van der Waals surface area (Å²) in [5.74, 6) is 0. The van der Waals surface area contributed by atoms with Gasteiger partial charge in [-0.15, -0.1) is 11.3 Å². The van der Waals surface area contributed by atoms with Crippen LogP contribution in [-0.2, 0) is 13.0 Å². The van der Waals surface area contributed by atoms with Crippen LogP contribution in [0.3, 0.4) is 0 Å². The van der Waals surface area contributed by atoms with Crippen LogP contribution < -0.4 is 5.32 Å². The van der Waals surface area contributed by atoms with Crippen molar-refractivity contribution in [1.29, 1.82) is 0 Å². The van der Waals surface area contributed by atoms with Gasteiger partial charge in [0.05, 0.1) is 5.01 Å². The van der Waals surface area contributed by atoms with E-state index in [1.54, 1.807) is 0 Å². The molecule has 0 saturated heterocycles. The number of hydrogen-bond acceptors (Lipinski definition) is 4. The molecule has 1 aromatic rings. The quantitative estimate of drug-likeness (QED) is 0.719. The molecule has 0 aliphatic rings. The van der Waals surface area contributed by atoms with Crippen molar-refractivity contribution in [2.45, 2.75) is 26.8 Å². The molecule has 0 aromatic carbocycles. The van der Waals surface area contributed by atoms with Crippen molar-refractivity contribution in [3.8, 4) is 0 Å². The second-order valence-corrected chi connectivity index (χ2v) is 4.85. The summed E-state index contributed by atoms with van der Waals surface area (Å²) in [4.78, 5) is 7.97. The molecule has 0 aliphatic carbocycles. The molecule has 0 unspecified atom stereocenters. The zero-order chi connectivity index (χ0) is 11.1. The van der Waals surface area contributed by atoms with Gasteiger partial charge in [-0.2, -0.15) is 0 Å². The van der Waals surface area contributed by atoms with Gasteiger partial charge in [0.25, 0.3) is 0 Å². The van der Waals surface area contributed by atoms with E-state index in [0.29, 0.717) is 0 Å². The summed E-state index contributed by atoms with van der Waals surface area (Å²) in [5.41, 5.74) is 0. The molecule has 0 fully saturated rings. The Bertz CT molecular complexity index is 273. The summed E-state index contributed by atoms with van der Waals surface area (Å²) >= 11 is 1.81. The van der Waals surface area contributed by atoms with E-state index < -0.39 is 0 Å². The van der Waals surface area contributed by atoms with E-state index in [1.807, 2.05) is 17.5 Å². The summed E-state index contributed by atoms with van der Waals surface area (Å²) in [6.07, 6.45) is 3.03. The Morgan fingerprint density at radius 2 is 2.27 bits per heavy atom. The van der Waals surface area contributed by atoms with Gasteiger partial charge in [0.2, 0.25) is 0 Å². The number of rotatable bonds is 7. The molecule has 0 aliphatic heterocycles. The first-order valence-corrected chi connectivity index (χ1v) is 6.40. The van der Waals surface area contributed by atoms with Gasteiger partial charge < -0.3 is 10.2 Å². The molecule has 0 radical (unpaired) electrons. The Kier molecular flexibility index (Phi) is 5.83. The van der Waals surface area contributed by atoms with Crippen LogP contribution in [0.4, 0.5) is 0 Å². The first-order chi connectivity index (χ1) is 7.26. The van der Waals surface area contributed by atoms with Gasteiger partial charge in [-0.1, -0.05) is 13.8 Å². The molecule has 0 saturated carbocycles. The Labute approximate surface area is 96.5 Å². The molecule has 86 valence electrons. The van der Waals surface area contributed by atoms with E-state index >= 15 is 0 Å². The van der Waals surface area contributed by atoms with Crippen LogP contribution in [0.15, 0.2) is 6.20 Å². The fourth-order valence-corrected chi connectivity index (χ4v) is 2.06. The van der Waals surface area contributed by atoms with Crippen molar-refractivity contribution < 1.29 is 0 Å². The SMILES string of the molecule is CCc1ncc(CNCCN(C)CC)s1. The van der Waals surface area contributed by atoms with Crippen molar-refractivity contribution in [3.63, 3.8) is 0 Å². The molecule has 3 nitrogen and oxygen atoms in total. The molecule has 1 rings (SSSR count). The molecule has 15 heavy (non-hydrogen) atoms. The van der Waals surface area contributed by atoms with E-state index in [0.717, 1.165) is 32.6 Å². The highest BCUT2D eigenvalue weighted by molar-refractivity contribution is 7.11. The van der Waals surface area contributed by atoms with Gasteiger partial charge in [0, 0.05) is 30.7 Å². The van der Waals surface area contributed by atoms with E-state index in [2.05, 4.69) is 36.1 Å². The number of likely N-dealkylation sites (N-methyl/N-ethyl adjacent to an activating group) is 1. The highest BCUT2D eigenvalue weighted by atomic mass is 32.1. The number of hydrogen-bond donors (Lipinski definition) is 1. The van der Waals surface area contributed by atoms with Crippen LogP contribution in [-0.4, -0.2) is 36.6 Å². The Morgan fingerprint density at radius 3 is 2.87 bits per heavy atom. The molecular weight excluding hydrogens is 206 g/mol. The smallest absolute Gasteiger partial charge is 0.0925 e. The van der Waals surface area contributed by atoms with Crippen LogP contribution in [0.1, 0.15) is 23.7 Å². The summed E-state index contributed by atoms with van der Waals surface area (Å²) < 4.78 is 0. The topological polar surface area (TPSA) is 28.2 Å². The minimum Gasteiger partial charge on any atom is -0.311 e. The molecule has 4 heteroatoms. The number of thiazole rings is 1. The van der Waals surface area contributed by atoms with Crippen LogP contribution >= 0.6 is 11.3 Å². The minimum atomic E-state index is 0.954. The van der Waals surface area contributed by atoms with Crippen LogP contribution in [0.25, 0.3) is 0 Å². The summed E-state index contributed by atoms with van der Waals surface area (Å²) in [6, 6.07) is 0. The average molecular weight is 227 g/mol. The summed E-state index contributed by atoms with van der Waals surface area (Å²) in [6.45, 7) is 8.54. The molecule has 0 atom stereocenters. The number of nitrogens with one attached hydrogen (secondary N) is 1. The number of nitrogens with zero attached hydrogens (tertiary/aromatic N) is 2. The third kappa shape index (κ3) is 4.73. The van der Waals surface area contributed by atoms with Gasteiger partial charge in [-0.05, 0) is 20.0 Å². The maximum atomic E-state index is 4.33. The molecular formula is C11H21N3S. The molecule has 0 bridgehead atoms. The summed E-state index contributed by atoms with van der Waals surface area (Å²) in [5, 5.41) is 4.67. The normalized spacial score (nSPS) is 11.2. The fraction of sp³-hybridized carbons (Fsp3) is 0.727. The lowest BCUT2D eigenvalue weighted by Crippen LogP contribution is -2.28. The first-order valence-electron chi connectivity index (χ1n) is 5.59. The Hall–Kier alpha value is -0.450. The Balaban J connectivity index is 2.14. The predicted molar refractivity (Wildman–Crippen MR) is 66.4 cm³/mol. The van der Waals surface area contributed by atoms with Crippen molar-refractivity contribution in [3.05, 3.63) is 16.1 Å². The van der Waals surface area contributed by atoms with Crippen LogP contribution in [0, 0.1) is 0 Å². The molecule has 0 amide bonds. The maximum absolute atomic E-state index is 4.33. The highest BCUT2D eigenvalue weighted by Gasteiger charge is 1.99. The van der Waals surface area contributed by atoms with Crippen molar-refractivity contribution in [2.24, 2.45) is 0 Å². The van der Waals surface area contributed by atoms with Crippen LogP contribution in [0.5, 0.6) is 0 Å². The van der Waals surface area contributed by atoms with Gasteiger partial charge in [-0.25, -0.2) is 4.98 Å². The van der Waals surface area contributed by atoms with E-state index in [9.17, 15) is 0 Å². The fourth-order valence-electron chi connectivity index (χ4n) is 1.23. The number of aromatic nitrogens is 1. The Morgan fingerprint density at radius 1 is 1.47 bits per heavy atom. The van der Waals surface area contributed by atoms with Gasteiger partial charge in [0.1, 0.15) is 0 Å². The van der Waals surface area contributed by atoms with E-state index in [-0.39, 0.29) is 0 Å². The lowest BCUT2D eigenvalue weighted by atomic mass is 10.5. The maximum Gasteiger partial charge on any atom is 0.0925 e. The molecule has 1 heterocycles. The van der Waals surface area contributed by atoms with Gasteiger partial charge in [0.15, 0.2) is 0 Å². The first kappa shape index (κ1) is 12.6. The highest BCUT2D eigenvalue weighted by Crippen LogP contribution is 2.12. The predicted octanol–water partition coefficient (Wildman–Crippen LogP) is 1.75. The largest absolute Gasteiger partial charge is 0.311 e. The zero-order valence-electron chi connectivity index (χ0n) is 9.92. The lowest BCUT2D eigenvalue weighted by molar-refractivity contribution is 0.349. The van der Waals surface area contributed by atoms with Crippen LogP contribution in [0.2, 0.25) is 0 Å². The molecule has 1 N–H and O–H groups in total. The second kappa shape index (κ2) is 6.93. The lowest BCUT2D eigenvalue weighted by Gasteiger charge is -2.13. The van der Waals surface area contributed by atoms with Crippen molar-refractivity contribution in [1.82, 2.24) is 15.2 Å². The van der Waals surface area contributed by atoms with Crippen molar-refractivity contribution >= 4 is 11.3 Å². The number of aryl methyl sites for hydroxylation is 1. The molecule has 1 aromatic heterocycles. The standard InChI is InChI=1S/C11H21N3S/c1-4-11-13-9-10(15-11)8-12-6-7-14(3)5-2/h9,12H,4-8H2,1-3H3. The molecule has 0 spiro atoms. The van der Waals surface area contributed by atoms with E-state index in [4.69, 9.17) is 0 Å². The summed E-state index contributed by atoms with van der Waals surface area (Å²) in [7, 11) is 2.14. The third-order valence-corrected chi connectivity index (χ3v) is 3.55. The average Bonchev–Trinajstić information content (AvgIpc) is 2.72. The zero-order valence-corrected chi connectivity index (χ0v) is 10.7. The van der Waals surface area contributed by atoms with Gasteiger partial charge >= 0.3 is 0 Å². The monoisotopic (exact) mass is 227 g/mol. The minimum absolute atomic E-state index is 0.954. The van der Waals surface area contributed by atoms with Gasteiger partial charge in [-0.3, -0.25) is 0 Å². The second-order valence-electron chi connectivity index (χ2n) is 3.65. The third-order valence-electron chi connectivity index (χ3n) is 2.41. The van der Waals surface area contributed by atoms with E-state index in [1.165, 1.54) is 9.88 Å².